The number of likely N-dealkylation sites (tertiary alicyclic amines) is 1. The quantitative estimate of drug-likeness (QED) is 0.780. The monoisotopic (exact) mass is 254 g/mol. The summed E-state index contributed by atoms with van der Waals surface area (Å²) in [6.07, 6.45) is 5.43. The van der Waals surface area contributed by atoms with Crippen LogP contribution in [0.25, 0.3) is 0 Å². The molecule has 18 heavy (non-hydrogen) atoms. The maximum absolute atomic E-state index is 3.65. The van der Waals surface area contributed by atoms with Gasteiger partial charge in [0.25, 0.3) is 0 Å². The molecule has 0 aliphatic carbocycles. The Morgan fingerprint density at radius 3 is 2.11 bits per heavy atom. The standard InChI is InChI=1S/C16H34N2/c1-6-14(7-2)13-18-10-8-15(9-11-18)12-17-16(3,4)5/h14-15,17H,6-13H2,1-5H3. The third-order valence-electron chi connectivity index (χ3n) is 4.30. The van der Waals surface area contributed by atoms with Crippen molar-refractivity contribution >= 4 is 0 Å². The van der Waals surface area contributed by atoms with Gasteiger partial charge in [0.1, 0.15) is 0 Å². The summed E-state index contributed by atoms with van der Waals surface area (Å²) in [7, 11) is 0. The number of piperidine rings is 1. The van der Waals surface area contributed by atoms with E-state index in [0.717, 1.165) is 11.8 Å². The van der Waals surface area contributed by atoms with E-state index in [1.807, 2.05) is 0 Å². The van der Waals surface area contributed by atoms with Crippen molar-refractivity contribution < 1.29 is 0 Å². The summed E-state index contributed by atoms with van der Waals surface area (Å²) in [5, 5.41) is 3.65. The molecule has 0 unspecified atom stereocenters. The van der Waals surface area contributed by atoms with Crippen molar-refractivity contribution in [1.82, 2.24) is 10.2 Å². The summed E-state index contributed by atoms with van der Waals surface area (Å²) in [6, 6.07) is 0. The van der Waals surface area contributed by atoms with Crippen LogP contribution >= 0.6 is 0 Å². The minimum absolute atomic E-state index is 0.270. The molecule has 1 fully saturated rings. The lowest BCUT2D eigenvalue weighted by molar-refractivity contribution is 0.152. The topological polar surface area (TPSA) is 15.3 Å². The predicted molar refractivity (Wildman–Crippen MR) is 81.0 cm³/mol. The molecule has 0 amide bonds. The van der Waals surface area contributed by atoms with Crippen molar-refractivity contribution in [3.63, 3.8) is 0 Å². The van der Waals surface area contributed by atoms with Crippen LogP contribution in [0.5, 0.6) is 0 Å². The van der Waals surface area contributed by atoms with Crippen molar-refractivity contribution in [3.05, 3.63) is 0 Å². The van der Waals surface area contributed by atoms with Gasteiger partial charge in [0, 0.05) is 12.1 Å². The molecule has 1 saturated heterocycles. The van der Waals surface area contributed by atoms with Gasteiger partial charge >= 0.3 is 0 Å². The molecule has 1 rings (SSSR count). The Morgan fingerprint density at radius 1 is 1.11 bits per heavy atom. The zero-order valence-electron chi connectivity index (χ0n) is 13.3. The van der Waals surface area contributed by atoms with Gasteiger partial charge in [-0.15, -0.1) is 0 Å². The van der Waals surface area contributed by atoms with E-state index in [4.69, 9.17) is 0 Å². The Hall–Kier alpha value is -0.0800. The van der Waals surface area contributed by atoms with Crippen molar-refractivity contribution in [3.8, 4) is 0 Å². The first-order chi connectivity index (χ1) is 8.44. The van der Waals surface area contributed by atoms with E-state index in [0.29, 0.717) is 0 Å². The fourth-order valence-corrected chi connectivity index (χ4v) is 2.74. The number of nitrogens with one attached hydrogen (secondary N) is 1. The van der Waals surface area contributed by atoms with Crippen LogP contribution in [0.4, 0.5) is 0 Å². The summed E-state index contributed by atoms with van der Waals surface area (Å²) in [5.41, 5.74) is 0.270. The molecule has 0 atom stereocenters. The van der Waals surface area contributed by atoms with E-state index in [1.165, 1.54) is 51.9 Å². The summed E-state index contributed by atoms with van der Waals surface area (Å²) < 4.78 is 0. The van der Waals surface area contributed by atoms with E-state index < -0.39 is 0 Å². The highest BCUT2D eigenvalue weighted by atomic mass is 15.1. The zero-order chi connectivity index (χ0) is 13.6. The largest absolute Gasteiger partial charge is 0.312 e. The normalized spacial score (nSPS) is 19.7. The number of nitrogens with zero attached hydrogens (tertiary/aromatic N) is 1. The highest BCUT2D eigenvalue weighted by Crippen LogP contribution is 2.20. The van der Waals surface area contributed by atoms with Crippen molar-refractivity contribution in [1.29, 1.82) is 0 Å². The van der Waals surface area contributed by atoms with Gasteiger partial charge in [0.05, 0.1) is 0 Å². The third-order valence-corrected chi connectivity index (χ3v) is 4.30. The molecule has 0 saturated carbocycles. The number of hydrogen-bond acceptors (Lipinski definition) is 2. The summed E-state index contributed by atoms with van der Waals surface area (Å²) in [6.45, 7) is 16.6. The molecule has 0 aromatic rings. The van der Waals surface area contributed by atoms with E-state index >= 15 is 0 Å². The van der Waals surface area contributed by atoms with E-state index in [9.17, 15) is 0 Å². The van der Waals surface area contributed by atoms with Gasteiger partial charge in [-0.05, 0) is 65.1 Å². The second kappa shape index (κ2) is 7.49. The molecule has 0 aromatic carbocycles. The molecule has 2 nitrogen and oxygen atoms in total. The Kier molecular flexibility index (Phi) is 6.65. The Balaban J connectivity index is 2.20. The van der Waals surface area contributed by atoms with Gasteiger partial charge in [-0.2, -0.15) is 0 Å². The predicted octanol–water partition coefficient (Wildman–Crippen LogP) is 3.52. The first kappa shape index (κ1) is 16.0. The highest BCUT2D eigenvalue weighted by molar-refractivity contribution is 4.78. The van der Waals surface area contributed by atoms with E-state index in [1.54, 1.807) is 0 Å². The van der Waals surface area contributed by atoms with Gasteiger partial charge in [-0.1, -0.05) is 26.7 Å². The van der Waals surface area contributed by atoms with Crippen LogP contribution in [0, 0.1) is 11.8 Å². The summed E-state index contributed by atoms with van der Waals surface area (Å²) in [4.78, 5) is 2.69. The van der Waals surface area contributed by atoms with Crippen LogP contribution in [0.1, 0.15) is 60.3 Å². The second-order valence-electron chi connectivity index (χ2n) is 7.06. The van der Waals surface area contributed by atoms with Crippen LogP contribution in [-0.4, -0.2) is 36.6 Å². The molecule has 1 heterocycles. The van der Waals surface area contributed by atoms with E-state index in [2.05, 4.69) is 44.8 Å². The summed E-state index contributed by atoms with van der Waals surface area (Å²) >= 11 is 0. The SMILES string of the molecule is CCC(CC)CN1CCC(CNC(C)(C)C)CC1. The van der Waals surface area contributed by atoms with Gasteiger partial charge in [-0.25, -0.2) is 0 Å². The second-order valence-corrected chi connectivity index (χ2v) is 7.06. The van der Waals surface area contributed by atoms with Crippen LogP contribution < -0.4 is 5.32 Å². The van der Waals surface area contributed by atoms with Crippen LogP contribution in [0.2, 0.25) is 0 Å². The molecular weight excluding hydrogens is 220 g/mol. The summed E-state index contributed by atoms with van der Waals surface area (Å²) in [5.74, 6) is 1.80. The number of rotatable bonds is 6. The van der Waals surface area contributed by atoms with Gasteiger partial charge in [-0.3, -0.25) is 0 Å². The average molecular weight is 254 g/mol. The van der Waals surface area contributed by atoms with Gasteiger partial charge in [0.15, 0.2) is 0 Å². The molecule has 0 spiro atoms. The first-order valence-electron chi connectivity index (χ1n) is 7.92. The fourth-order valence-electron chi connectivity index (χ4n) is 2.74. The Bertz CT molecular complexity index is 208. The fraction of sp³-hybridized carbons (Fsp3) is 1.00. The molecule has 0 aromatic heterocycles. The molecule has 1 N–H and O–H groups in total. The van der Waals surface area contributed by atoms with Crippen LogP contribution in [0.3, 0.4) is 0 Å². The minimum Gasteiger partial charge on any atom is -0.312 e. The van der Waals surface area contributed by atoms with Crippen LogP contribution in [0.15, 0.2) is 0 Å². The van der Waals surface area contributed by atoms with Gasteiger partial charge in [0.2, 0.25) is 0 Å². The van der Waals surface area contributed by atoms with Crippen molar-refractivity contribution in [2.24, 2.45) is 11.8 Å². The highest BCUT2D eigenvalue weighted by Gasteiger charge is 2.21. The molecule has 0 bridgehead atoms. The minimum atomic E-state index is 0.270. The lowest BCUT2D eigenvalue weighted by atomic mass is 9.94. The molecule has 1 aliphatic rings. The van der Waals surface area contributed by atoms with Gasteiger partial charge < -0.3 is 10.2 Å². The van der Waals surface area contributed by atoms with Crippen molar-refractivity contribution in [2.45, 2.75) is 65.8 Å². The van der Waals surface area contributed by atoms with E-state index in [-0.39, 0.29) is 5.54 Å². The smallest absolute Gasteiger partial charge is 0.00966 e. The molecule has 0 radical (unpaired) electrons. The lowest BCUT2D eigenvalue weighted by Crippen LogP contribution is -2.43. The average Bonchev–Trinajstić information content (AvgIpc) is 2.34. The van der Waals surface area contributed by atoms with Crippen molar-refractivity contribution in [2.75, 3.05) is 26.2 Å². The molecular formula is C16H34N2. The molecule has 108 valence electrons. The third kappa shape index (κ3) is 6.19. The number of hydrogen-bond donors (Lipinski definition) is 1. The Morgan fingerprint density at radius 2 is 1.67 bits per heavy atom. The first-order valence-corrected chi connectivity index (χ1v) is 7.92. The lowest BCUT2D eigenvalue weighted by Gasteiger charge is -2.35. The molecule has 1 aliphatic heterocycles. The zero-order valence-corrected chi connectivity index (χ0v) is 13.3. The molecule has 2 heteroatoms. The Labute approximate surface area is 115 Å². The maximum atomic E-state index is 3.65. The maximum Gasteiger partial charge on any atom is 0.00966 e. The van der Waals surface area contributed by atoms with Crippen LogP contribution in [-0.2, 0) is 0 Å².